The van der Waals surface area contributed by atoms with Gasteiger partial charge in [-0.3, -0.25) is 0 Å². The fourth-order valence-corrected chi connectivity index (χ4v) is 3.03. The van der Waals surface area contributed by atoms with E-state index in [2.05, 4.69) is 91.3 Å². The molecule has 118 valence electrons. The average molecular weight is 304 g/mol. The van der Waals surface area contributed by atoms with Crippen LogP contribution in [0.5, 0.6) is 0 Å². The van der Waals surface area contributed by atoms with E-state index in [-0.39, 0.29) is 0 Å². The smallest absolute Gasteiger partial charge is 0.0455 e. The molecule has 0 fully saturated rings. The van der Waals surface area contributed by atoms with Gasteiger partial charge in [-0.05, 0) is 50.1 Å². The molecular weight excluding hydrogens is 280 g/mol. The standard InChI is InChI=1S/C21H24N2/c1-16-9-11-19(12-10-16)14-22-15-20-13-17(2)23(18(20)3)21-7-5-4-6-8-21/h4-13,22H,14-15H2,1-3H3. The highest BCUT2D eigenvalue weighted by molar-refractivity contribution is 5.40. The molecule has 2 nitrogen and oxygen atoms in total. The second-order valence-electron chi connectivity index (χ2n) is 6.16. The number of para-hydroxylation sites is 1. The van der Waals surface area contributed by atoms with Crippen molar-refractivity contribution in [3.05, 3.63) is 88.7 Å². The topological polar surface area (TPSA) is 17.0 Å². The van der Waals surface area contributed by atoms with Crippen molar-refractivity contribution in [1.82, 2.24) is 9.88 Å². The third-order valence-corrected chi connectivity index (χ3v) is 4.32. The summed E-state index contributed by atoms with van der Waals surface area (Å²) in [5.41, 5.74) is 7.81. The Morgan fingerprint density at radius 3 is 2.22 bits per heavy atom. The Hall–Kier alpha value is -2.32. The Morgan fingerprint density at radius 1 is 0.826 bits per heavy atom. The molecule has 1 N–H and O–H groups in total. The van der Waals surface area contributed by atoms with Crippen LogP contribution in [0, 0.1) is 20.8 Å². The maximum Gasteiger partial charge on any atom is 0.0455 e. The third-order valence-electron chi connectivity index (χ3n) is 4.32. The van der Waals surface area contributed by atoms with Gasteiger partial charge in [0.2, 0.25) is 0 Å². The van der Waals surface area contributed by atoms with Crippen LogP contribution >= 0.6 is 0 Å². The zero-order valence-electron chi connectivity index (χ0n) is 14.1. The van der Waals surface area contributed by atoms with Crippen LogP contribution in [0.4, 0.5) is 0 Å². The number of nitrogens with one attached hydrogen (secondary N) is 1. The van der Waals surface area contributed by atoms with Crippen molar-refractivity contribution in [3.63, 3.8) is 0 Å². The van der Waals surface area contributed by atoms with E-state index in [1.165, 1.54) is 33.8 Å². The summed E-state index contributed by atoms with van der Waals surface area (Å²) in [6.07, 6.45) is 0. The Bertz CT molecular complexity index is 768. The lowest BCUT2D eigenvalue weighted by atomic mass is 10.1. The summed E-state index contributed by atoms with van der Waals surface area (Å²) < 4.78 is 2.32. The first-order valence-corrected chi connectivity index (χ1v) is 8.14. The van der Waals surface area contributed by atoms with Gasteiger partial charge in [-0.1, -0.05) is 48.0 Å². The first-order chi connectivity index (χ1) is 11.1. The summed E-state index contributed by atoms with van der Waals surface area (Å²) in [7, 11) is 0. The summed E-state index contributed by atoms with van der Waals surface area (Å²) in [5, 5.41) is 3.56. The highest BCUT2D eigenvalue weighted by Gasteiger charge is 2.10. The molecule has 0 saturated heterocycles. The molecule has 0 atom stereocenters. The third kappa shape index (κ3) is 3.54. The Morgan fingerprint density at radius 2 is 1.52 bits per heavy atom. The Kier molecular flexibility index (Phi) is 4.63. The Labute approximate surface area is 138 Å². The summed E-state index contributed by atoms with van der Waals surface area (Å²) >= 11 is 0. The predicted molar refractivity (Wildman–Crippen MR) is 97.0 cm³/mol. The fraction of sp³-hybridized carbons (Fsp3) is 0.238. The molecule has 0 radical (unpaired) electrons. The van der Waals surface area contributed by atoms with Crippen LogP contribution in [0.2, 0.25) is 0 Å². The van der Waals surface area contributed by atoms with E-state index in [0.717, 1.165) is 13.1 Å². The zero-order valence-corrected chi connectivity index (χ0v) is 14.1. The van der Waals surface area contributed by atoms with E-state index < -0.39 is 0 Å². The van der Waals surface area contributed by atoms with Crippen LogP contribution < -0.4 is 5.32 Å². The van der Waals surface area contributed by atoms with Crippen LogP contribution in [0.25, 0.3) is 5.69 Å². The summed E-state index contributed by atoms with van der Waals surface area (Å²) in [5.74, 6) is 0. The predicted octanol–water partition coefficient (Wildman–Crippen LogP) is 4.69. The van der Waals surface area contributed by atoms with Crippen LogP contribution in [0.15, 0.2) is 60.7 Å². The molecule has 0 bridgehead atoms. The van der Waals surface area contributed by atoms with Gasteiger partial charge in [-0.15, -0.1) is 0 Å². The maximum absolute atomic E-state index is 3.56. The van der Waals surface area contributed by atoms with Gasteiger partial charge < -0.3 is 9.88 Å². The van der Waals surface area contributed by atoms with Crippen molar-refractivity contribution >= 4 is 0 Å². The molecule has 2 heteroatoms. The van der Waals surface area contributed by atoms with E-state index >= 15 is 0 Å². The molecule has 0 aliphatic carbocycles. The first-order valence-electron chi connectivity index (χ1n) is 8.14. The minimum absolute atomic E-state index is 0.889. The van der Waals surface area contributed by atoms with Gasteiger partial charge in [-0.25, -0.2) is 0 Å². The van der Waals surface area contributed by atoms with Crippen molar-refractivity contribution in [2.45, 2.75) is 33.9 Å². The van der Waals surface area contributed by atoms with Gasteiger partial charge in [-0.2, -0.15) is 0 Å². The van der Waals surface area contributed by atoms with Gasteiger partial charge >= 0.3 is 0 Å². The van der Waals surface area contributed by atoms with E-state index in [1.807, 2.05) is 0 Å². The lowest BCUT2D eigenvalue weighted by molar-refractivity contribution is 0.689. The number of aromatic nitrogens is 1. The van der Waals surface area contributed by atoms with E-state index in [4.69, 9.17) is 0 Å². The van der Waals surface area contributed by atoms with Gasteiger partial charge in [0.25, 0.3) is 0 Å². The molecule has 1 heterocycles. The number of benzene rings is 2. The minimum atomic E-state index is 0.889. The number of hydrogen-bond acceptors (Lipinski definition) is 1. The summed E-state index contributed by atoms with van der Waals surface area (Å²) in [4.78, 5) is 0. The van der Waals surface area contributed by atoms with E-state index in [1.54, 1.807) is 0 Å². The molecule has 23 heavy (non-hydrogen) atoms. The first kappa shape index (κ1) is 15.6. The molecule has 0 aliphatic heterocycles. The van der Waals surface area contributed by atoms with Crippen LogP contribution in [0.1, 0.15) is 28.1 Å². The lowest BCUT2D eigenvalue weighted by Crippen LogP contribution is -2.13. The second-order valence-corrected chi connectivity index (χ2v) is 6.16. The molecule has 0 saturated carbocycles. The molecule has 0 aliphatic rings. The van der Waals surface area contributed by atoms with Crippen LogP contribution in [-0.4, -0.2) is 4.57 Å². The summed E-state index contributed by atoms with van der Waals surface area (Å²) in [6.45, 7) is 8.28. The number of rotatable bonds is 5. The Balaban J connectivity index is 1.71. The van der Waals surface area contributed by atoms with E-state index in [9.17, 15) is 0 Å². The molecule has 0 amide bonds. The van der Waals surface area contributed by atoms with Crippen molar-refractivity contribution in [2.24, 2.45) is 0 Å². The van der Waals surface area contributed by atoms with E-state index in [0.29, 0.717) is 0 Å². The van der Waals surface area contributed by atoms with Crippen molar-refractivity contribution in [2.75, 3.05) is 0 Å². The summed E-state index contributed by atoms with van der Waals surface area (Å²) in [6, 6.07) is 21.5. The number of hydrogen-bond donors (Lipinski definition) is 1. The molecule has 2 aromatic carbocycles. The molecule has 3 rings (SSSR count). The quantitative estimate of drug-likeness (QED) is 0.723. The SMILES string of the molecule is Cc1ccc(CNCc2cc(C)n(-c3ccccc3)c2C)cc1. The number of nitrogens with zero attached hydrogens (tertiary/aromatic N) is 1. The van der Waals surface area contributed by atoms with Crippen LogP contribution in [-0.2, 0) is 13.1 Å². The zero-order chi connectivity index (χ0) is 16.2. The number of aryl methyl sites for hydroxylation is 2. The minimum Gasteiger partial charge on any atom is -0.318 e. The molecule has 0 spiro atoms. The normalized spacial score (nSPS) is 10.9. The fourth-order valence-electron chi connectivity index (χ4n) is 3.03. The van der Waals surface area contributed by atoms with Gasteiger partial charge in [0.1, 0.15) is 0 Å². The highest BCUT2D eigenvalue weighted by Crippen LogP contribution is 2.20. The lowest BCUT2D eigenvalue weighted by Gasteiger charge is -2.10. The van der Waals surface area contributed by atoms with Crippen molar-refractivity contribution in [1.29, 1.82) is 0 Å². The van der Waals surface area contributed by atoms with Crippen LogP contribution in [0.3, 0.4) is 0 Å². The van der Waals surface area contributed by atoms with Gasteiger partial charge in [0.05, 0.1) is 0 Å². The molecule has 3 aromatic rings. The largest absolute Gasteiger partial charge is 0.318 e. The van der Waals surface area contributed by atoms with Crippen molar-refractivity contribution < 1.29 is 0 Å². The molecular formula is C21H24N2. The van der Waals surface area contributed by atoms with Gasteiger partial charge in [0, 0.05) is 30.2 Å². The monoisotopic (exact) mass is 304 g/mol. The average Bonchev–Trinajstić information content (AvgIpc) is 2.84. The second kappa shape index (κ2) is 6.84. The maximum atomic E-state index is 3.56. The highest BCUT2D eigenvalue weighted by atomic mass is 15.0. The molecule has 0 unspecified atom stereocenters. The molecule has 1 aromatic heterocycles. The van der Waals surface area contributed by atoms with Crippen molar-refractivity contribution in [3.8, 4) is 5.69 Å². The van der Waals surface area contributed by atoms with Gasteiger partial charge in [0.15, 0.2) is 0 Å².